The molecule has 1 atom stereocenters. The van der Waals surface area contributed by atoms with Crippen LogP contribution in [0.5, 0.6) is 0 Å². The minimum atomic E-state index is -0.616. The number of hydrogen-bond acceptors (Lipinski definition) is 3. The molecule has 0 unspecified atom stereocenters. The SMILES string of the molecule is Cc1cc(F)cc([C@@H](N)CO)c1N. The van der Waals surface area contributed by atoms with Crippen molar-refractivity contribution in [2.75, 3.05) is 12.3 Å². The molecule has 3 nitrogen and oxygen atoms in total. The Morgan fingerprint density at radius 2 is 2.15 bits per heavy atom. The van der Waals surface area contributed by atoms with Gasteiger partial charge in [0.05, 0.1) is 12.6 Å². The molecule has 0 aliphatic rings. The zero-order valence-electron chi connectivity index (χ0n) is 7.42. The number of nitrogens with two attached hydrogens (primary N) is 2. The maximum Gasteiger partial charge on any atom is 0.123 e. The molecule has 1 rings (SSSR count). The predicted molar refractivity (Wildman–Crippen MR) is 49.6 cm³/mol. The topological polar surface area (TPSA) is 72.3 Å². The van der Waals surface area contributed by atoms with Gasteiger partial charge in [0.1, 0.15) is 5.82 Å². The second kappa shape index (κ2) is 3.72. The normalized spacial score (nSPS) is 12.9. The lowest BCUT2D eigenvalue weighted by Crippen LogP contribution is -2.17. The van der Waals surface area contributed by atoms with Crippen molar-refractivity contribution >= 4 is 5.69 Å². The van der Waals surface area contributed by atoms with Crippen LogP contribution in [0.15, 0.2) is 12.1 Å². The Balaban J connectivity index is 3.20. The van der Waals surface area contributed by atoms with Crippen LogP contribution in [0.3, 0.4) is 0 Å². The Labute approximate surface area is 76.2 Å². The van der Waals surface area contributed by atoms with Crippen molar-refractivity contribution in [2.24, 2.45) is 5.73 Å². The van der Waals surface area contributed by atoms with Crippen LogP contribution in [-0.2, 0) is 0 Å². The van der Waals surface area contributed by atoms with Crippen LogP contribution >= 0.6 is 0 Å². The van der Waals surface area contributed by atoms with Gasteiger partial charge in [-0.05, 0) is 30.2 Å². The highest BCUT2D eigenvalue weighted by molar-refractivity contribution is 5.54. The summed E-state index contributed by atoms with van der Waals surface area (Å²) in [6.07, 6.45) is 0. The molecule has 0 amide bonds. The number of nitrogen functional groups attached to an aromatic ring is 1. The maximum absolute atomic E-state index is 12.9. The predicted octanol–water partition coefficient (Wildman–Crippen LogP) is 0.708. The molecule has 0 bridgehead atoms. The van der Waals surface area contributed by atoms with E-state index in [2.05, 4.69) is 0 Å². The van der Waals surface area contributed by atoms with Gasteiger partial charge in [0.2, 0.25) is 0 Å². The second-order valence-corrected chi connectivity index (χ2v) is 3.01. The first kappa shape index (κ1) is 9.95. The molecule has 72 valence electrons. The van der Waals surface area contributed by atoms with E-state index in [-0.39, 0.29) is 12.4 Å². The number of aryl methyl sites for hydroxylation is 1. The summed E-state index contributed by atoms with van der Waals surface area (Å²) in [7, 11) is 0. The monoisotopic (exact) mass is 184 g/mol. The summed E-state index contributed by atoms with van der Waals surface area (Å²) in [5, 5.41) is 8.79. The summed E-state index contributed by atoms with van der Waals surface area (Å²) < 4.78 is 12.9. The average Bonchev–Trinajstić information content (AvgIpc) is 2.10. The summed E-state index contributed by atoms with van der Waals surface area (Å²) >= 11 is 0. The molecular weight excluding hydrogens is 171 g/mol. The fourth-order valence-electron chi connectivity index (χ4n) is 1.19. The van der Waals surface area contributed by atoms with Crippen LogP contribution in [0.2, 0.25) is 0 Å². The van der Waals surface area contributed by atoms with E-state index in [0.717, 1.165) is 0 Å². The number of aliphatic hydroxyl groups excluding tert-OH is 1. The Morgan fingerprint density at radius 3 is 2.69 bits per heavy atom. The Hall–Kier alpha value is -1.13. The van der Waals surface area contributed by atoms with E-state index in [1.54, 1.807) is 6.92 Å². The largest absolute Gasteiger partial charge is 0.398 e. The van der Waals surface area contributed by atoms with Gasteiger partial charge in [-0.1, -0.05) is 0 Å². The smallest absolute Gasteiger partial charge is 0.123 e. The lowest BCUT2D eigenvalue weighted by molar-refractivity contribution is 0.268. The van der Waals surface area contributed by atoms with Gasteiger partial charge in [-0.25, -0.2) is 4.39 Å². The number of anilines is 1. The van der Waals surface area contributed by atoms with E-state index in [1.165, 1.54) is 12.1 Å². The van der Waals surface area contributed by atoms with E-state index in [4.69, 9.17) is 16.6 Å². The molecular formula is C9H13FN2O. The summed E-state index contributed by atoms with van der Waals surface area (Å²) in [5.74, 6) is -0.384. The van der Waals surface area contributed by atoms with Gasteiger partial charge in [-0.2, -0.15) is 0 Å². The van der Waals surface area contributed by atoms with Gasteiger partial charge in [0.25, 0.3) is 0 Å². The summed E-state index contributed by atoms with van der Waals surface area (Å²) in [6, 6.07) is 1.97. The van der Waals surface area contributed by atoms with Gasteiger partial charge < -0.3 is 16.6 Å². The highest BCUT2D eigenvalue weighted by Crippen LogP contribution is 2.23. The lowest BCUT2D eigenvalue weighted by Gasteiger charge is -2.13. The fourth-order valence-corrected chi connectivity index (χ4v) is 1.19. The average molecular weight is 184 g/mol. The minimum absolute atomic E-state index is 0.243. The number of halogens is 1. The molecule has 0 aromatic heterocycles. The van der Waals surface area contributed by atoms with E-state index < -0.39 is 6.04 Å². The van der Waals surface area contributed by atoms with Crippen LogP contribution in [-0.4, -0.2) is 11.7 Å². The van der Waals surface area contributed by atoms with Crippen LogP contribution < -0.4 is 11.5 Å². The van der Waals surface area contributed by atoms with Crippen LogP contribution in [0.4, 0.5) is 10.1 Å². The molecule has 0 saturated heterocycles. The van der Waals surface area contributed by atoms with Crippen LogP contribution in [0, 0.1) is 12.7 Å². The standard InChI is InChI=1S/C9H13FN2O/c1-5-2-6(10)3-7(9(5)12)8(11)4-13/h2-3,8,13H,4,11-12H2,1H3/t8-/m0/s1. The zero-order valence-corrected chi connectivity index (χ0v) is 7.42. The van der Waals surface area contributed by atoms with Crippen molar-refractivity contribution in [3.05, 3.63) is 29.1 Å². The van der Waals surface area contributed by atoms with Crippen LogP contribution in [0.25, 0.3) is 0 Å². The number of aliphatic hydroxyl groups is 1. The van der Waals surface area contributed by atoms with E-state index >= 15 is 0 Å². The van der Waals surface area contributed by atoms with Crippen molar-refractivity contribution in [3.8, 4) is 0 Å². The molecule has 0 fully saturated rings. The van der Waals surface area contributed by atoms with Gasteiger partial charge >= 0.3 is 0 Å². The van der Waals surface area contributed by atoms with Crippen molar-refractivity contribution in [1.29, 1.82) is 0 Å². The zero-order chi connectivity index (χ0) is 10.0. The van der Waals surface area contributed by atoms with E-state index in [1.807, 2.05) is 0 Å². The molecule has 0 radical (unpaired) electrons. The molecule has 0 aliphatic carbocycles. The van der Waals surface area contributed by atoms with Crippen LogP contribution in [0.1, 0.15) is 17.2 Å². The quantitative estimate of drug-likeness (QED) is 0.593. The van der Waals surface area contributed by atoms with Crippen molar-refractivity contribution in [1.82, 2.24) is 0 Å². The lowest BCUT2D eigenvalue weighted by atomic mass is 10.0. The molecule has 4 heteroatoms. The highest BCUT2D eigenvalue weighted by atomic mass is 19.1. The first-order chi connectivity index (χ1) is 6.06. The summed E-state index contributed by atoms with van der Waals surface area (Å²) in [4.78, 5) is 0. The van der Waals surface area contributed by atoms with Gasteiger partial charge in [-0.3, -0.25) is 0 Å². The Kier molecular flexibility index (Phi) is 2.85. The number of rotatable bonds is 2. The molecule has 0 aliphatic heterocycles. The van der Waals surface area contributed by atoms with Gasteiger partial charge in [-0.15, -0.1) is 0 Å². The molecule has 5 N–H and O–H groups in total. The summed E-state index contributed by atoms with van der Waals surface area (Å²) in [5.41, 5.74) is 12.7. The van der Waals surface area contributed by atoms with Crippen molar-refractivity contribution < 1.29 is 9.50 Å². The maximum atomic E-state index is 12.9. The first-order valence-corrected chi connectivity index (χ1v) is 3.98. The first-order valence-electron chi connectivity index (χ1n) is 3.98. The van der Waals surface area contributed by atoms with E-state index in [9.17, 15) is 4.39 Å². The van der Waals surface area contributed by atoms with Gasteiger partial charge in [0.15, 0.2) is 0 Å². The van der Waals surface area contributed by atoms with Gasteiger partial charge in [0, 0.05) is 5.69 Å². The fraction of sp³-hybridized carbons (Fsp3) is 0.333. The number of benzene rings is 1. The summed E-state index contributed by atoms with van der Waals surface area (Å²) in [6.45, 7) is 1.46. The van der Waals surface area contributed by atoms with Crippen molar-refractivity contribution in [3.63, 3.8) is 0 Å². The molecule has 0 spiro atoms. The van der Waals surface area contributed by atoms with E-state index in [0.29, 0.717) is 16.8 Å². The molecule has 13 heavy (non-hydrogen) atoms. The molecule has 1 aromatic carbocycles. The minimum Gasteiger partial charge on any atom is -0.398 e. The third kappa shape index (κ3) is 1.96. The number of hydrogen-bond donors (Lipinski definition) is 3. The molecule has 1 aromatic rings. The molecule has 0 heterocycles. The molecule has 0 saturated carbocycles. The Morgan fingerprint density at radius 1 is 1.54 bits per heavy atom. The Bertz CT molecular complexity index is 315. The highest BCUT2D eigenvalue weighted by Gasteiger charge is 2.11. The third-order valence-corrected chi connectivity index (χ3v) is 1.98. The third-order valence-electron chi connectivity index (χ3n) is 1.98. The second-order valence-electron chi connectivity index (χ2n) is 3.01. The van der Waals surface area contributed by atoms with Crippen molar-refractivity contribution in [2.45, 2.75) is 13.0 Å².